The van der Waals surface area contributed by atoms with Gasteiger partial charge in [0.1, 0.15) is 0 Å². The lowest BCUT2D eigenvalue weighted by molar-refractivity contribution is -0.0256. The van der Waals surface area contributed by atoms with Crippen LogP contribution in [0.4, 0.5) is 0 Å². The van der Waals surface area contributed by atoms with Crippen LogP contribution in [0, 0.1) is 11.8 Å². The van der Waals surface area contributed by atoms with Crippen LogP contribution in [0.2, 0.25) is 0 Å². The topological polar surface area (TPSA) is 72.6 Å². The third-order valence-electron chi connectivity index (χ3n) is 3.60. The van der Waals surface area contributed by atoms with Crippen molar-refractivity contribution in [3.63, 3.8) is 0 Å². The summed E-state index contributed by atoms with van der Waals surface area (Å²) in [5.41, 5.74) is 0.572. The number of ether oxygens (including phenoxy) is 1. The summed E-state index contributed by atoms with van der Waals surface area (Å²) in [4.78, 5) is 15.5. The van der Waals surface area contributed by atoms with Crippen LogP contribution in [0.3, 0.4) is 0 Å². The summed E-state index contributed by atoms with van der Waals surface area (Å²) < 4.78 is 10.9. The number of aromatic carboxylic acids is 1. The first-order valence-corrected chi connectivity index (χ1v) is 7.33. The van der Waals surface area contributed by atoms with E-state index in [1.54, 1.807) is 0 Å². The fourth-order valence-corrected chi connectivity index (χ4v) is 2.64. The molecule has 2 rings (SSSR count). The van der Waals surface area contributed by atoms with Crippen molar-refractivity contribution in [2.24, 2.45) is 11.8 Å². The van der Waals surface area contributed by atoms with Gasteiger partial charge in [-0.3, -0.25) is 0 Å². The number of hydrogen-bond acceptors (Lipinski definition) is 4. The standard InChI is InChI=1S/C15H23NO4/c1-4-19-11-6-10(7-11)8-13-16-12(5-9(2)3)14(20-13)15(17)18/h9-11H,4-8H2,1-3H3,(H,17,18). The third-order valence-corrected chi connectivity index (χ3v) is 3.60. The van der Waals surface area contributed by atoms with E-state index in [1.807, 2.05) is 20.8 Å². The molecule has 0 radical (unpaired) electrons. The molecule has 0 atom stereocenters. The van der Waals surface area contributed by atoms with Crippen LogP contribution in [0.25, 0.3) is 0 Å². The van der Waals surface area contributed by atoms with Gasteiger partial charge in [-0.05, 0) is 38.0 Å². The maximum atomic E-state index is 11.2. The number of carbonyl (C=O) groups is 1. The maximum absolute atomic E-state index is 11.2. The predicted molar refractivity (Wildman–Crippen MR) is 73.8 cm³/mol. The SMILES string of the molecule is CCOC1CC(Cc2nc(CC(C)C)c(C(=O)O)o2)C1. The molecule has 1 aliphatic carbocycles. The minimum Gasteiger partial charge on any atom is -0.475 e. The summed E-state index contributed by atoms with van der Waals surface area (Å²) in [6, 6.07) is 0. The maximum Gasteiger partial charge on any atom is 0.373 e. The summed E-state index contributed by atoms with van der Waals surface area (Å²) >= 11 is 0. The van der Waals surface area contributed by atoms with Gasteiger partial charge >= 0.3 is 5.97 Å². The zero-order valence-corrected chi connectivity index (χ0v) is 12.4. The lowest BCUT2D eigenvalue weighted by Gasteiger charge is -2.34. The molecule has 20 heavy (non-hydrogen) atoms. The normalized spacial score (nSPS) is 22.0. The molecule has 0 aromatic carbocycles. The van der Waals surface area contributed by atoms with Gasteiger partial charge in [-0.1, -0.05) is 13.8 Å². The second-order valence-electron chi connectivity index (χ2n) is 5.91. The Bertz CT molecular complexity index is 460. The average Bonchev–Trinajstić information content (AvgIpc) is 2.68. The quantitative estimate of drug-likeness (QED) is 0.832. The Kier molecular flexibility index (Phi) is 4.81. The predicted octanol–water partition coefficient (Wildman–Crippen LogP) is 2.93. The molecule has 1 aromatic heterocycles. The Labute approximate surface area is 119 Å². The van der Waals surface area contributed by atoms with E-state index in [4.69, 9.17) is 14.3 Å². The molecule has 1 aliphatic rings. The number of nitrogens with zero attached hydrogens (tertiary/aromatic N) is 1. The van der Waals surface area contributed by atoms with Gasteiger partial charge in [0.2, 0.25) is 5.76 Å². The summed E-state index contributed by atoms with van der Waals surface area (Å²) in [6.07, 6.45) is 3.73. The smallest absolute Gasteiger partial charge is 0.373 e. The zero-order chi connectivity index (χ0) is 14.7. The van der Waals surface area contributed by atoms with E-state index in [0.717, 1.165) is 19.4 Å². The third kappa shape index (κ3) is 3.60. The second-order valence-corrected chi connectivity index (χ2v) is 5.91. The summed E-state index contributed by atoms with van der Waals surface area (Å²) in [5.74, 6) is 0.392. The number of carboxylic acid groups (broad SMARTS) is 1. The van der Waals surface area contributed by atoms with Crippen LogP contribution in [0.5, 0.6) is 0 Å². The van der Waals surface area contributed by atoms with Crippen LogP contribution < -0.4 is 0 Å². The Morgan fingerprint density at radius 3 is 2.75 bits per heavy atom. The largest absolute Gasteiger partial charge is 0.475 e. The van der Waals surface area contributed by atoms with Crippen molar-refractivity contribution in [2.75, 3.05) is 6.61 Å². The molecule has 0 saturated heterocycles. The molecule has 1 N–H and O–H groups in total. The van der Waals surface area contributed by atoms with Crippen LogP contribution in [-0.2, 0) is 17.6 Å². The fourth-order valence-electron chi connectivity index (χ4n) is 2.64. The Morgan fingerprint density at radius 1 is 1.50 bits per heavy atom. The minimum absolute atomic E-state index is 0.00869. The molecule has 112 valence electrons. The van der Waals surface area contributed by atoms with E-state index in [1.165, 1.54) is 0 Å². The summed E-state index contributed by atoms with van der Waals surface area (Å²) in [7, 11) is 0. The van der Waals surface area contributed by atoms with Crippen molar-refractivity contribution in [3.8, 4) is 0 Å². The molecule has 1 heterocycles. The number of oxazole rings is 1. The van der Waals surface area contributed by atoms with Crippen molar-refractivity contribution in [1.82, 2.24) is 4.98 Å². The molecule has 0 spiro atoms. The first kappa shape index (κ1) is 15.0. The molecule has 0 aliphatic heterocycles. The van der Waals surface area contributed by atoms with Gasteiger partial charge in [-0.25, -0.2) is 9.78 Å². The van der Waals surface area contributed by atoms with Crippen molar-refractivity contribution in [3.05, 3.63) is 17.3 Å². The zero-order valence-electron chi connectivity index (χ0n) is 12.4. The van der Waals surface area contributed by atoms with Crippen LogP contribution in [0.15, 0.2) is 4.42 Å². The van der Waals surface area contributed by atoms with Crippen LogP contribution in [-0.4, -0.2) is 28.8 Å². The van der Waals surface area contributed by atoms with Crippen molar-refractivity contribution in [2.45, 2.75) is 52.6 Å². The molecule has 0 amide bonds. The number of aromatic nitrogens is 1. The number of hydrogen-bond donors (Lipinski definition) is 1. The van der Waals surface area contributed by atoms with Crippen molar-refractivity contribution >= 4 is 5.97 Å². The minimum atomic E-state index is -1.03. The molecular formula is C15H23NO4. The van der Waals surface area contributed by atoms with E-state index in [2.05, 4.69) is 4.98 Å². The highest BCUT2D eigenvalue weighted by Gasteiger charge is 2.31. The van der Waals surface area contributed by atoms with Gasteiger partial charge < -0.3 is 14.3 Å². The molecule has 1 saturated carbocycles. The van der Waals surface area contributed by atoms with Gasteiger partial charge in [-0.2, -0.15) is 0 Å². The number of rotatable bonds is 7. The van der Waals surface area contributed by atoms with Gasteiger partial charge in [-0.15, -0.1) is 0 Å². The van der Waals surface area contributed by atoms with Gasteiger partial charge in [0.15, 0.2) is 5.89 Å². The molecule has 5 nitrogen and oxygen atoms in total. The average molecular weight is 281 g/mol. The van der Waals surface area contributed by atoms with Gasteiger partial charge in [0.05, 0.1) is 11.8 Å². The Balaban J connectivity index is 1.97. The van der Waals surface area contributed by atoms with E-state index in [9.17, 15) is 4.79 Å². The summed E-state index contributed by atoms with van der Waals surface area (Å²) in [5, 5.41) is 9.16. The molecule has 1 aromatic rings. The lowest BCUT2D eigenvalue weighted by atomic mass is 9.80. The first-order valence-electron chi connectivity index (χ1n) is 7.33. The molecule has 0 bridgehead atoms. The Morgan fingerprint density at radius 2 is 2.20 bits per heavy atom. The van der Waals surface area contributed by atoms with E-state index < -0.39 is 5.97 Å². The second kappa shape index (κ2) is 6.39. The van der Waals surface area contributed by atoms with E-state index in [0.29, 0.717) is 42.4 Å². The first-order chi connectivity index (χ1) is 9.49. The highest BCUT2D eigenvalue weighted by molar-refractivity contribution is 5.85. The summed E-state index contributed by atoms with van der Waals surface area (Å²) in [6.45, 7) is 6.83. The van der Waals surface area contributed by atoms with E-state index in [-0.39, 0.29) is 5.76 Å². The molecular weight excluding hydrogens is 258 g/mol. The fraction of sp³-hybridized carbons (Fsp3) is 0.733. The van der Waals surface area contributed by atoms with Crippen molar-refractivity contribution in [1.29, 1.82) is 0 Å². The monoisotopic (exact) mass is 281 g/mol. The highest BCUT2D eigenvalue weighted by atomic mass is 16.5. The van der Waals surface area contributed by atoms with Crippen molar-refractivity contribution < 1.29 is 19.1 Å². The molecule has 5 heteroatoms. The van der Waals surface area contributed by atoms with Gasteiger partial charge in [0.25, 0.3) is 0 Å². The molecule has 1 fully saturated rings. The lowest BCUT2D eigenvalue weighted by Crippen LogP contribution is -2.32. The van der Waals surface area contributed by atoms with E-state index >= 15 is 0 Å². The highest BCUT2D eigenvalue weighted by Crippen LogP contribution is 2.33. The van der Waals surface area contributed by atoms with Crippen LogP contribution >= 0.6 is 0 Å². The van der Waals surface area contributed by atoms with Gasteiger partial charge in [0, 0.05) is 13.0 Å². The molecule has 0 unspecified atom stereocenters. The number of carboxylic acids is 1. The Hall–Kier alpha value is -1.36. The van der Waals surface area contributed by atoms with Crippen LogP contribution in [0.1, 0.15) is 55.8 Å².